The van der Waals surface area contributed by atoms with Crippen LogP contribution >= 0.6 is 0 Å². The summed E-state index contributed by atoms with van der Waals surface area (Å²) in [6.07, 6.45) is 6.74. The Kier molecular flexibility index (Phi) is 4.12. The van der Waals surface area contributed by atoms with Crippen LogP contribution in [0.25, 0.3) is 0 Å². The molecule has 1 radical (unpaired) electrons. The first-order chi connectivity index (χ1) is 7.45. The summed E-state index contributed by atoms with van der Waals surface area (Å²) in [7, 11) is -3.18. The van der Waals surface area contributed by atoms with Crippen molar-refractivity contribution in [1.29, 1.82) is 0 Å². The van der Waals surface area contributed by atoms with Crippen molar-refractivity contribution >= 4 is 15.9 Å². The van der Waals surface area contributed by atoms with Gasteiger partial charge >= 0.3 is 0 Å². The average molecular weight is 243 g/mol. The lowest BCUT2D eigenvalue weighted by atomic mass is 10.1. The number of hydrogen-bond acceptors (Lipinski definition) is 3. The number of carbonyl (C=O) groups excluding carboxylic acids is 1. The molecule has 0 aromatic carbocycles. The van der Waals surface area contributed by atoms with Gasteiger partial charge in [0.15, 0.2) is 0 Å². The lowest BCUT2D eigenvalue weighted by molar-refractivity contribution is -0.117. The van der Waals surface area contributed by atoms with E-state index in [1.807, 2.05) is 0 Å². The molecule has 0 saturated heterocycles. The van der Waals surface area contributed by atoms with E-state index < -0.39 is 15.9 Å². The molecule has 1 rings (SSSR count). The molecule has 16 heavy (non-hydrogen) atoms. The summed E-state index contributed by atoms with van der Waals surface area (Å²) >= 11 is 0. The van der Waals surface area contributed by atoms with E-state index in [4.69, 9.17) is 5.73 Å². The fraction of sp³-hybridized carbons (Fsp3) is 0.400. The van der Waals surface area contributed by atoms with Crippen molar-refractivity contribution in [1.82, 2.24) is 4.31 Å². The molecular formula is C10H15N2O3S. The molecule has 0 bridgehead atoms. The van der Waals surface area contributed by atoms with E-state index in [2.05, 4.69) is 0 Å². The summed E-state index contributed by atoms with van der Waals surface area (Å²) in [6, 6.07) is 0. The van der Waals surface area contributed by atoms with Crippen molar-refractivity contribution in [3.05, 3.63) is 30.3 Å². The van der Waals surface area contributed by atoms with E-state index >= 15 is 0 Å². The van der Waals surface area contributed by atoms with Gasteiger partial charge < -0.3 is 5.73 Å². The Morgan fingerprint density at radius 1 is 1.62 bits per heavy atom. The van der Waals surface area contributed by atoms with E-state index in [1.54, 1.807) is 25.5 Å². The fourth-order valence-electron chi connectivity index (χ4n) is 1.24. The number of nitrogens with zero attached hydrogens (tertiary/aromatic N) is 1. The molecule has 0 aromatic heterocycles. The number of nitrogens with two attached hydrogens (primary N) is 1. The lowest BCUT2D eigenvalue weighted by Crippen LogP contribution is -2.29. The van der Waals surface area contributed by atoms with Crippen molar-refractivity contribution in [3.8, 4) is 0 Å². The molecule has 0 atom stereocenters. The first-order valence-corrected chi connectivity index (χ1v) is 6.56. The summed E-state index contributed by atoms with van der Waals surface area (Å²) in [4.78, 5) is 10.5. The van der Waals surface area contributed by atoms with Crippen molar-refractivity contribution in [2.45, 2.75) is 13.3 Å². The summed E-state index contributed by atoms with van der Waals surface area (Å²) in [5, 5.41) is 0. The maximum Gasteiger partial charge on any atom is 0.234 e. The molecule has 5 nitrogen and oxygen atoms in total. The van der Waals surface area contributed by atoms with Gasteiger partial charge in [0, 0.05) is 12.6 Å². The van der Waals surface area contributed by atoms with Crippen LogP contribution in [0.5, 0.6) is 0 Å². The topological polar surface area (TPSA) is 80.5 Å². The van der Waals surface area contributed by atoms with Crippen LogP contribution in [0.2, 0.25) is 0 Å². The molecule has 6 heteroatoms. The van der Waals surface area contributed by atoms with E-state index in [1.165, 1.54) is 10.5 Å². The molecule has 0 aliphatic carbocycles. The van der Waals surface area contributed by atoms with Gasteiger partial charge in [0.25, 0.3) is 0 Å². The number of amides is 1. The number of hydrogen-bond donors (Lipinski definition) is 1. The maximum absolute atomic E-state index is 11.5. The molecule has 0 unspecified atom stereocenters. The third-order valence-electron chi connectivity index (χ3n) is 2.20. The normalized spacial score (nSPS) is 16.1. The van der Waals surface area contributed by atoms with Crippen molar-refractivity contribution in [3.63, 3.8) is 0 Å². The van der Waals surface area contributed by atoms with Crippen molar-refractivity contribution in [2.75, 3.05) is 12.3 Å². The molecule has 89 valence electrons. The number of carbonyl (C=O) groups is 1. The summed E-state index contributed by atoms with van der Waals surface area (Å²) < 4.78 is 24.2. The molecule has 0 spiro atoms. The predicted molar refractivity (Wildman–Crippen MR) is 61.5 cm³/mol. The van der Waals surface area contributed by atoms with Crippen LogP contribution in [0.1, 0.15) is 13.3 Å². The first-order valence-electron chi connectivity index (χ1n) is 4.95. The highest BCUT2D eigenvalue weighted by atomic mass is 32.2. The first kappa shape index (κ1) is 12.8. The minimum atomic E-state index is -3.18. The number of rotatable bonds is 5. The summed E-state index contributed by atoms with van der Waals surface area (Å²) in [5.74, 6) is -0.330. The standard InChI is InChI=1S/C10H15N2O3S/c1-2-16(14,15)12-7-5-9(6-8-12)3-4-10(11)13/h3,5-7H,2,4,8H2,1H3,(H2,11,13). The molecule has 1 heterocycles. The predicted octanol–water partition coefficient (Wildman–Crippen LogP) is 0.171. The van der Waals surface area contributed by atoms with E-state index in [0.29, 0.717) is 6.54 Å². The van der Waals surface area contributed by atoms with Crippen LogP contribution in [0.3, 0.4) is 0 Å². The van der Waals surface area contributed by atoms with Gasteiger partial charge in [0.05, 0.1) is 12.3 Å². The Hall–Kier alpha value is -1.30. The Bertz CT molecular complexity index is 423. The quantitative estimate of drug-likeness (QED) is 0.747. The van der Waals surface area contributed by atoms with Gasteiger partial charge in [-0.05, 0) is 25.0 Å². The highest BCUT2D eigenvalue weighted by Crippen LogP contribution is 2.14. The number of sulfonamides is 1. The van der Waals surface area contributed by atoms with Gasteiger partial charge in [0.1, 0.15) is 0 Å². The smallest absolute Gasteiger partial charge is 0.234 e. The van der Waals surface area contributed by atoms with Crippen molar-refractivity contribution in [2.24, 2.45) is 5.73 Å². The molecule has 1 aliphatic rings. The molecule has 0 saturated carbocycles. The minimum absolute atomic E-state index is 0.0749. The number of primary amides is 1. The van der Waals surface area contributed by atoms with Crippen molar-refractivity contribution < 1.29 is 13.2 Å². The van der Waals surface area contributed by atoms with Crippen LogP contribution in [0, 0.1) is 6.42 Å². The Labute approximate surface area is 95.7 Å². The molecule has 2 N–H and O–H groups in total. The highest BCUT2D eigenvalue weighted by molar-refractivity contribution is 7.89. The third kappa shape index (κ3) is 3.37. The zero-order valence-corrected chi connectivity index (χ0v) is 9.90. The van der Waals surface area contributed by atoms with E-state index in [-0.39, 0.29) is 12.2 Å². The minimum Gasteiger partial charge on any atom is -0.370 e. The second-order valence-corrected chi connectivity index (χ2v) is 5.57. The van der Waals surface area contributed by atoms with Crippen LogP contribution in [0.4, 0.5) is 0 Å². The average Bonchev–Trinajstić information content (AvgIpc) is 2.27. The highest BCUT2D eigenvalue weighted by Gasteiger charge is 2.17. The number of allylic oxidation sites excluding steroid dienone is 2. The maximum atomic E-state index is 11.5. The zero-order valence-electron chi connectivity index (χ0n) is 9.09. The monoisotopic (exact) mass is 243 g/mol. The Balaban J connectivity index is 2.57. The lowest BCUT2D eigenvalue weighted by Gasteiger charge is -2.21. The van der Waals surface area contributed by atoms with Gasteiger partial charge in [-0.15, -0.1) is 0 Å². The molecule has 0 fully saturated rings. The van der Waals surface area contributed by atoms with Gasteiger partial charge in [0.2, 0.25) is 15.9 Å². The second kappa shape index (κ2) is 5.16. The molecular weight excluding hydrogens is 228 g/mol. The van der Waals surface area contributed by atoms with E-state index in [0.717, 1.165) is 5.57 Å². The second-order valence-electron chi connectivity index (χ2n) is 3.36. The zero-order chi connectivity index (χ0) is 12.2. The van der Waals surface area contributed by atoms with Gasteiger partial charge in [-0.25, -0.2) is 8.42 Å². The van der Waals surface area contributed by atoms with E-state index in [9.17, 15) is 13.2 Å². The van der Waals surface area contributed by atoms with Gasteiger partial charge in [-0.2, -0.15) is 0 Å². The molecule has 0 aromatic rings. The molecule has 1 amide bonds. The van der Waals surface area contributed by atoms with Crippen LogP contribution in [0.15, 0.2) is 23.9 Å². The van der Waals surface area contributed by atoms with Crippen LogP contribution < -0.4 is 5.73 Å². The fourth-order valence-corrected chi connectivity index (χ4v) is 2.12. The SMILES string of the molecule is CCS(=O)(=O)N1C=CC([CH]CC(N)=O)=CC1. The third-order valence-corrected chi connectivity index (χ3v) is 3.92. The Morgan fingerprint density at radius 3 is 2.75 bits per heavy atom. The molecule has 1 aliphatic heterocycles. The van der Waals surface area contributed by atoms with Crippen LogP contribution in [-0.4, -0.2) is 30.9 Å². The van der Waals surface area contributed by atoms with Gasteiger partial charge in [-0.3, -0.25) is 9.10 Å². The van der Waals surface area contributed by atoms with Crippen LogP contribution in [-0.2, 0) is 14.8 Å². The Morgan fingerprint density at radius 2 is 2.31 bits per heavy atom. The summed E-state index contributed by atoms with van der Waals surface area (Å²) in [5.41, 5.74) is 5.82. The van der Waals surface area contributed by atoms with Gasteiger partial charge in [-0.1, -0.05) is 6.08 Å². The summed E-state index contributed by atoms with van der Waals surface area (Å²) in [6.45, 7) is 1.90. The largest absolute Gasteiger partial charge is 0.370 e.